The molecule has 1 saturated heterocycles. The predicted octanol–water partition coefficient (Wildman–Crippen LogP) is 4.95. The van der Waals surface area contributed by atoms with E-state index in [4.69, 9.17) is 14.7 Å². The molecule has 0 bridgehead atoms. The molecule has 0 radical (unpaired) electrons. The van der Waals surface area contributed by atoms with Crippen LogP contribution in [0.25, 0.3) is 10.8 Å². The Hall–Kier alpha value is -3.35. The van der Waals surface area contributed by atoms with Crippen LogP contribution in [-0.4, -0.2) is 59.3 Å². The van der Waals surface area contributed by atoms with E-state index in [1.165, 1.54) is 27.6 Å². The van der Waals surface area contributed by atoms with Gasteiger partial charge in [-0.1, -0.05) is 30.3 Å². The number of ether oxygens (including phenoxy) is 1. The van der Waals surface area contributed by atoms with Crippen LogP contribution in [0.5, 0.6) is 0 Å². The fourth-order valence-electron chi connectivity index (χ4n) is 5.21. The molecule has 2 aromatic carbocycles. The van der Waals surface area contributed by atoms with Crippen molar-refractivity contribution in [1.82, 2.24) is 14.9 Å². The summed E-state index contributed by atoms with van der Waals surface area (Å²) in [5.74, 6) is 1.02. The summed E-state index contributed by atoms with van der Waals surface area (Å²) in [5, 5.41) is 2.60. The van der Waals surface area contributed by atoms with E-state index in [-0.39, 0.29) is 6.09 Å². The highest BCUT2D eigenvalue weighted by atomic mass is 16.6. The number of nitrogens with zero attached hydrogens (tertiary/aromatic N) is 5. The molecule has 2 aliphatic heterocycles. The Balaban J connectivity index is 1.36. The van der Waals surface area contributed by atoms with Crippen LogP contribution in [0.2, 0.25) is 0 Å². The first-order valence-electron chi connectivity index (χ1n) is 12.6. The lowest BCUT2D eigenvalue weighted by Crippen LogP contribution is -2.50. The van der Waals surface area contributed by atoms with Crippen LogP contribution in [0.1, 0.15) is 44.0 Å². The Morgan fingerprint density at radius 1 is 0.943 bits per heavy atom. The van der Waals surface area contributed by atoms with Gasteiger partial charge in [0.05, 0.1) is 12.2 Å². The standard InChI is InChI=1S/C28H35N5O2/c1-20-8-5-9-21-10-6-12-24(25(20)21)33-13-7-11-22-23(18-33)29-19-30-26(22)31-14-16-32(17-15-31)27(34)35-28(2,3)4/h5-6,8-10,12,19H,7,11,13-18H2,1-4H3. The maximum atomic E-state index is 12.5. The molecule has 7 nitrogen and oxygen atoms in total. The van der Waals surface area contributed by atoms with E-state index < -0.39 is 5.60 Å². The number of aromatic nitrogens is 2. The monoisotopic (exact) mass is 473 g/mol. The van der Waals surface area contributed by atoms with E-state index in [0.29, 0.717) is 13.1 Å². The average Bonchev–Trinajstić information content (AvgIpc) is 3.05. The van der Waals surface area contributed by atoms with Gasteiger partial charge in [0.2, 0.25) is 0 Å². The number of amides is 1. The first-order chi connectivity index (χ1) is 16.8. The van der Waals surface area contributed by atoms with Crippen molar-refractivity contribution in [2.24, 2.45) is 0 Å². The number of aryl methyl sites for hydroxylation is 1. The number of benzene rings is 2. The smallest absolute Gasteiger partial charge is 0.410 e. The molecule has 0 N–H and O–H groups in total. The van der Waals surface area contributed by atoms with E-state index in [1.54, 1.807) is 11.2 Å². The molecular weight excluding hydrogens is 438 g/mol. The van der Waals surface area contributed by atoms with E-state index in [2.05, 4.69) is 53.1 Å². The third kappa shape index (κ3) is 4.90. The van der Waals surface area contributed by atoms with Crippen molar-refractivity contribution in [3.8, 4) is 0 Å². The summed E-state index contributed by atoms with van der Waals surface area (Å²) in [6.45, 7) is 12.4. The fourth-order valence-corrected chi connectivity index (χ4v) is 5.21. The molecule has 0 unspecified atom stereocenters. The Morgan fingerprint density at radius 2 is 1.69 bits per heavy atom. The SMILES string of the molecule is Cc1cccc2cccc(N3CCCc4c(ncnc4N4CCN(C(=O)OC(C)(C)C)CC4)C3)c12. The zero-order valence-electron chi connectivity index (χ0n) is 21.3. The Bertz CT molecular complexity index is 1220. The molecular formula is C28H35N5O2. The number of fused-ring (bicyclic) bond motifs is 2. The summed E-state index contributed by atoms with van der Waals surface area (Å²) < 4.78 is 5.56. The second kappa shape index (κ2) is 9.36. The summed E-state index contributed by atoms with van der Waals surface area (Å²) in [6.07, 6.45) is 3.47. The number of hydrogen-bond acceptors (Lipinski definition) is 6. The van der Waals surface area contributed by atoms with Crippen LogP contribution in [0.4, 0.5) is 16.3 Å². The number of carbonyl (C=O) groups is 1. The molecule has 7 heteroatoms. The van der Waals surface area contributed by atoms with Crippen molar-refractivity contribution in [1.29, 1.82) is 0 Å². The van der Waals surface area contributed by atoms with Crippen LogP contribution in [0.3, 0.4) is 0 Å². The topological polar surface area (TPSA) is 61.8 Å². The van der Waals surface area contributed by atoms with Gasteiger partial charge in [-0.3, -0.25) is 0 Å². The van der Waals surface area contributed by atoms with Gasteiger partial charge in [0.1, 0.15) is 17.7 Å². The van der Waals surface area contributed by atoms with Crippen molar-refractivity contribution in [3.63, 3.8) is 0 Å². The zero-order valence-corrected chi connectivity index (χ0v) is 21.3. The van der Waals surface area contributed by atoms with Crippen LogP contribution < -0.4 is 9.80 Å². The lowest BCUT2D eigenvalue weighted by Gasteiger charge is -2.37. The quantitative estimate of drug-likeness (QED) is 0.525. The van der Waals surface area contributed by atoms with Crippen LogP contribution in [0, 0.1) is 6.92 Å². The van der Waals surface area contributed by atoms with E-state index >= 15 is 0 Å². The van der Waals surface area contributed by atoms with Gasteiger partial charge in [-0.05, 0) is 57.6 Å². The van der Waals surface area contributed by atoms with Crippen molar-refractivity contribution in [2.45, 2.75) is 52.7 Å². The molecule has 3 heterocycles. The number of hydrogen-bond donors (Lipinski definition) is 0. The minimum Gasteiger partial charge on any atom is -0.444 e. The highest BCUT2D eigenvalue weighted by molar-refractivity contribution is 5.96. The summed E-state index contributed by atoms with van der Waals surface area (Å²) in [6, 6.07) is 13.1. The first-order valence-corrected chi connectivity index (χ1v) is 12.6. The molecule has 5 rings (SSSR count). The van der Waals surface area contributed by atoms with Gasteiger partial charge in [-0.15, -0.1) is 0 Å². The van der Waals surface area contributed by atoms with Gasteiger partial charge < -0.3 is 19.4 Å². The lowest BCUT2D eigenvalue weighted by atomic mass is 10.0. The van der Waals surface area contributed by atoms with Crippen LogP contribution in [0.15, 0.2) is 42.7 Å². The van der Waals surface area contributed by atoms with Gasteiger partial charge in [-0.2, -0.15) is 0 Å². The Kier molecular flexibility index (Phi) is 6.26. The minimum atomic E-state index is -0.479. The largest absolute Gasteiger partial charge is 0.444 e. The average molecular weight is 474 g/mol. The molecule has 1 amide bonds. The van der Waals surface area contributed by atoms with Crippen molar-refractivity contribution >= 4 is 28.4 Å². The van der Waals surface area contributed by atoms with E-state index in [9.17, 15) is 4.79 Å². The van der Waals surface area contributed by atoms with Crippen LogP contribution >= 0.6 is 0 Å². The minimum absolute atomic E-state index is 0.236. The van der Waals surface area contributed by atoms with Gasteiger partial charge >= 0.3 is 6.09 Å². The summed E-state index contributed by atoms with van der Waals surface area (Å²) in [7, 11) is 0. The maximum Gasteiger partial charge on any atom is 0.410 e. The molecule has 184 valence electrons. The third-order valence-corrected chi connectivity index (χ3v) is 6.87. The molecule has 0 atom stereocenters. The Morgan fingerprint density at radius 3 is 2.43 bits per heavy atom. The van der Waals surface area contributed by atoms with E-state index in [1.807, 2.05) is 20.8 Å². The number of rotatable bonds is 2. The van der Waals surface area contributed by atoms with Crippen molar-refractivity contribution in [3.05, 3.63) is 59.5 Å². The molecule has 0 saturated carbocycles. The van der Waals surface area contributed by atoms with E-state index in [0.717, 1.165) is 50.5 Å². The number of anilines is 2. The first kappa shape index (κ1) is 23.4. The molecule has 1 aromatic heterocycles. The molecule has 1 fully saturated rings. The zero-order chi connectivity index (χ0) is 24.6. The Labute approximate surface area is 207 Å². The highest BCUT2D eigenvalue weighted by Gasteiger charge is 2.29. The van der Waals surface area contributed by atoms with Gasteiger partial charge in [-0.25, -0.2) is 14.8 Å². The molecule has 2 aliphatic rings. The van der Waals surface area contributed by atoms with Gasteiger partial charge in [0, 0.05) is 49.4 Å². The molecule has 0 aliphatic carbocycles. The summed E-state index contributed by atoms with van der Waals surface area (Å²) in [4.78, 5) is 28.5. The summed E-state index contributed by atoms with van der Waals surface area (Å²) in [5.41, 5.74) is 4.45. The highest BCUT2D eigenvalue weighted by Crippen LogP contribution is 2.34. The normalized spacial score (nSPS) is 16.7. The van der Waals surface area contributed by atoms with Gasteiger partial charge in [0.25, 0.3) is 0 Å². The number of piperazine rings is 1. The summed E-state index contributed by atoms with van der Waals surface area (Å²) >= 11 is 0. The number of carbonyl (C=O) groups excluding carboxylic acids is 1. The maximum absolute atomic E-state index is 12.5. The van der Waals surface area contributed by atoms with Crippen molar-refractivity contribution < 1.29 is 9.53 Å². The van der Waals surface area contributed by atoms with Gasteiger partial charge in [0.15, 0.2) is 0 Å². The molecule has 0 spiro atoms. The van der Waals surface area contributed by atoms with Crippen LogP contribution in [-0.2, 0) is 17.7 Å². The second-order valence-electron chi connectivity index (χ2n) is 10.6. The van der Waals surface area contributed by atoms with Crippen molar-refractivity contribution in [2.75, 3.05) is 42.5 Å². The fraction of sp³-hybridized carbons (Fsp3) is 0.464. The molecule has 3 aromatic rings. The second-order valence-corrected chi connectivity index (χ2v) is 10.6. The third-order valence-electron chi connectivity index (χ3n) is 6.87. The molecule has 35 heavy (non-hydrogen) atoms. The lowest BCUT2D eigenvalue weighted by molar-refractivity contribution is 0.0240. The predicted molar refractivity (Wildman–Crippen MR) is 140 cm³/mol.